The van der Waals surface area contributed by atoms with Gasteiger partial charge < -0.3 is 30.3 Å². The van der Waals surface area contributed by atoms with Crippen LogP contribution in [0, 0.1) is 0 Å². The lowest BCUT2D eigenvalue weighted by atomic mass is 10.0. The minimum atomic E-state index is -4.44. The Morgan fingerprint density at radius 1 is 0.642 bits per heavy atom. The number of phosphoric acid groups is 1. The maximum Gasteiger partial charge on any atom is 0.472 e. The van der Waals surface area contributed by atoms with Gasteiger partial charge in [-0.15, -0.1) is 0 Å². The third-order valence-electron chi connectivity index (χ3n) is 8.39. The van der Waals surface area contributed by atoms with Gasteiger partial charge in [-0.05, 0) is 77.0 Å². The van der Waals surface area contributed by atoms with E-state index >= 15 is 0 Å². The lowest BCUT2D eigenvalue weighted by molar-refractivity contribution is -0.161. The molecule has 0 saturated carbocycles. The molecule has 0 heterocycles. The summed E-state index contributed by atoms with van der Waals surface area (Å²) in [6.45, 7) is 3.32. The fraction of sp³-hybridized carbons (Fsp3) is 0.756. The van der Waals surface area contributed by atoms with Gasteiger partial charge in [0.15, 0.2) is 6.10 Å². The Hall–Kier alpha value is -2.11. The fourth-order valence-electron chi connectivity index (χ4n) is 5.20. The van der Waals surface area contributed by atoms with E-state index in [1.807, 2.05) is 12.2 Å². The molecule has 0 radical (unpaired) electrons. The van der Waals surface area contributed by atoms with E-state index in [9.17, 15) is 29.3 Å². The summed E-state index contributed by atoms with van der Waals surface area (Å²) in [6, 6.07) is 0. The molecule has 12 heteroatoms. The molecule has 0 rings (SSSR count). The van der Waals surface area contributed by atoms with Gasteiger partial charge in [0.25, 0.3) is 0 Å². The predicted octanol–water partition coefficient (Wildman–Crippen LogP) is 9.10. The summed E-state index contributed by atoms with van der Waals surface area (Å²) in [7, 11) is -4.44. The summed E-state index contributed by atoms with van der Waals surface area (Å²) in [5.74, 6) is -1.13. The summed E-state index contributed by atoms with van der Waals surface area (Å²) < 4.78 is 32.5. The molecule has 11 nitrogen and oxygen atoms in total. The third kappa shape index (κ3) is 35.4. The van der Waals surface area contributed by atoms with Crippen molar-refractivity contribution in [1.29, 1.82) is 0 Å². The zero-order valence-corrected chi connectivity index (χ0v) is 33.9. The highest BCUT2D eigenvalue weighted by Crippen LogP contribution is 2.43. The number of ether oxygens (including phenoxy) is 2. The average Bonchev–Trinajstić information content (AvgIpc) is 3.14. The van der Waals surface area contributed by atoms with E-state index in [-0.39, 0.29) is 45.4 Å². The van der Waals surface area contributed by atoms with Gasteiger partial charge in [0.1, 0.15) is 6.61 Å². The topological polar surface area (TPSA) is 175 Å². The van der Waals surface area contributed by atoms with Crippen LogP contribution in [0.1, 0.15) is 155 Å². The SMILES string of the molecule is CCCCC/C=C\C/C=C\C/C=C\CC(O)C(O)CCCC(=O)OC[C@H](COP(=O)(O)OCCN)OC(=O)CCCCCCC/C=C\CCCCCC. The first-order valence-corrected chi connectivity index (χ1v) is 21.8. The summed E-state index contributed by atoms with van der Waals surface area (Å²) in [4.78, 5) is 34.8. The monoisotopic (exact) mass is 772 g/mol. The van der Waals surface area contributed by atoms with Crippen molar-refractivity contribution in [2.75, 3.05) is 26.4 Å². The molecule has 0 aromatic carbocycles. The zero-order valence-electron chi connectivity index (χ0n) is 33.0. The number of unbranched alkanes of at least 4 members (excludes halogenated alkanes) is 12. The maximum absolute atomic E-state index is 12.5. The van der Waals surface area contributed by atoms with Crippen molar-refractivity contribution >= 4 is 19.8 Å². The first-order valence-electron chi connectivity index (χ1n) is 20.3. The Labute approximate surface area is 321 Å². The number of carbonyl (C=O) groups is 2. The second-order valence-electron chi connectivity index (χ2n) is 13.5. The smallest absolute Gasteiger partial charge is 0.462 e. The van der Waals surface area contributed by atoms with Gasteiger partial charge in [0.05, 0.1) is 25.4 Å². The quantitative estimate of drug-likeness (QED) is 0.0205. The van der Waals surface area contributed by atoms with Crippen molar-refractivity contribution in [3.8, 4) is 0 Å². The fourth-order valence-corrected chi connectivity index (χ4v) is 5.97. The summed E-state index contributed by atoms with van der Waals surface area (Å²) >= 11 is 0. The van der Waals surface area contributed by atoms with Crippen LogP contribution in [-0.4, -0.2) is 71.7 Å². The normalized spacial score (nSPS) is 15.1. The van der Waals surface area contributed by atoms with Gasteiger partial charge in [0.2, 0.25) is 0 Å². The number of hydrogen-bond acceptors (Lipinski definition) is 10. The maximum atomic E-state index is 12.5. The molecule has 0 amide bonds. The number of aliphatic hydroxyl groups excluding tert-OH is 2. The van der Waals surface area contributed by atoms with Crippen LogP contribution >= 0.6 is 7.82 Å². The van der Waals surface area contributed by atoms with Gasteiger partial charge in [-0.25, -0.2) is 4.57 Å². The second kappa shape index (κ2) is 36.8. The Bertz CT molecular complexity index is 1050. The van der Waals surface area contributed by atoms with E-state index in [2.05, 4.69) is 50.3 Å². The lowest BCUT2D eigenvalue weighted by Gasteiger charge is -2.20. The van der Waals surface area contributed by atoms with Gasteiger partial charge in [0, 0.05) is 19.4 Å². The van der Waals surface area contributed by atoms with Gasteiger partial charge in [-0.2, -0.15) is 0 Å². The molecule has 53 heavy (non-hydrogen) atoms. The Morgan fingerprint density at radius 2 is 1.17 bits per heavy atom. The van der Waals surface area contributed by atoms with E-state index in [4.69, 9.17) is 24.3 Å². The summed E-state index contributed by atoms with van der Waals surface area (Å²) in [5, 5.41) is 20.6. The van der Waals surface area contributed by atoms with Crippen LogP contribution < -0.4 is 5.73 Å². The zero-order chi connectivity index (χ0) is 39.3. The molecule has 0 aliphatic rings. The standard InChI is InChI=1S/C41H74NO10P/c1-3-5-7-9-11-13-15-17-19-21-23-25-27-31-41(46)52-37(36-51-53(47,48)50-34-33-42)35-49-40(45)32-28-30-39(44)38(43)29-26-24-22-20-18-16-14-12-10-8-6-4-2/h12-15,18,20,24,26,37-39,43-44H,3-11,16-17,19,21-23,25,27-36,42H2,1-2H3,(H,47,48)/b14-12-,15-13-,20-18-,26-24-/t37-,38?,39?/m1/s1. The largest absolute Gasteiger partial charge is 0.472 e. The molecule has 0 aliphatic heterocycles. The van der Waals surface area contributed by atoms with Crippen molar-refractivity contribution < 1.29 is 47.8 Å². The van der Waals surface area contributed by atoms with Crippen LogP contribution in [0.15, 0.2) is 48.6 Å². The molecular weight excluding hydrogens is 697 g/mol. The minimum Gasteiger partial charge on any atom is -0.462 e. The third-order valence-corrected chi connectivity index (χ3v) is 9.37. The first-order chi connectivity index (χ1) is 25.6. The van der Waals surface area contributed by atoms with Gasteiger partial charge in [-0.3, -0.25) is 18.6 Å². The molecule has 0 bridgehead atoms. The van der Waals surface area contributed by atoms with Crippen molar-refractivity contribution in [3.05, 3.63) is 48.6 Å². The number of nitrogens with two attached hydrogens (primary N) is 1. The molecule has 3 unspecified atom stereocenters. The molecule has 0 spiro atoms. The second-order valence-corrected chi connectivity index (χ2v) is 14.9. The predicted molar refractivity (Wildman–Crippen MR) is 213 cm³/mol. The van der Waals surface area contributed by atoms with E-state index < -0.39 is 44.7 Å². The molecular formula is C41H74NO10P. The van der Waals surface area contributed by atoms with E-state index in [0.717, 1.165) is 57.8 Å². The van der Waals surface area contributed by atoms with Crippen LogP contribution in [0.3, 0.4) is 0 Å². The first kappa shape index (κ1) is 50.9. The highest BCUT2D eigenvalue weighted by atomic mass is 31.2. The van der Waals surface area contributed by atoms with Crippen molar-refractivity contribution in [3.63, 3.8) is 0 Å². The molecule has 5 N–H and O–H groups in total. The highest BCUT2D eigenvalue weighted by molar-refractivity contribution is 7.47. The van der Waals surface area contributed by atoms with Crippen LogP contribution in [0.2, 0.25) is 0 Å². The van der Waals surface area contributed by atoms with Crippen molar-refractivity contribution in [2.45, 2.75) is 173 Å². The van der Waals surface area contributed by atoms with Gasteiger partial charge >= 0.3 is 19.8 Å². The van der Waals surface area contributed by atoms with E-state index in [0.29, 0.717) is 12.8 Å². The molecule has 308 valence electrons. The summed E-state index contributed by atoms with van der Waals surface area (Å²) in [5.41, 5.74) is 5.32. The molecule has 4 atom stereocenters. The molecule has 0 saturated heterocycles. The number of esters is 2. The molecule has 0 aliphatic carbocycles. The van der Waals surface area contributed by atoms with Crippen LogP contribution in [0.25, 0.3) is 0 Å². The van der Waals surface area contributed by atoms with Crippen molar-refractivity contribution in [2.24, 2.45) is 5.73 Å². The Kier molecular flexibility index (Phi) is 35.4. The Balaban J connectivity index is 4.46. The number of phosphoric ester groups is 1. The number of allylic oxidation sites excluding steroid dienone is 7. The number of carbonyl (C=O) groups excluding carboxylic acids is 2. The highest BCUT2D eigenvalue weighted by Gasteiger charge is 2.26. The number of rotatable bonds is 37. The minimum absolute atomic E-state index is 0.0113. The number of hydrogen-bond donors (Lipinski definition) is 4. The van der Waals surface area contributed by atoms with Crippen LogP contribution in [-0.2, 0) is 32.7 Å². The molecule has 0 aromatic rings. The van der Waals surface area contributed by atoms with Gasteiger partial charge in [-0.1, -0.05) is 114 Å². The molecule has 0 fully saturated rings. The summed E-state index contributed by atoms with van der Waals surface area (Å²) in [6.07, 6.45) is 33.2. The van der Waals surface area contributed by atoms with Crippen molar-refractivity contribution in [1.82, 2.24) is 0 Å². The molecule has 0 aromatic heterocycles. The Morgan fingerprint density at radius 3 is 1.83 bits per heavy atom. The average molecular weight is 772 g/mol. The van der Waals surface area contributed by atoms with Crippen LogP contribution in [0.5, 0.6) is 0 Å². The number of aliphatic hydroxyl groups is 2. The van der Waals surface area contributed by atoms with E-state index in [1.165, 1.54) is 44.9 Å². The van der Waals surface area contributed by atoms with Crippen LogP contribution in [0.4, 0.5) is 0 Å². The van der Waals surface area contributed by atoms with E-state index in [1.54, 1.807) is 0 Å². The lowest BCUT2D eigenvalue weighted by Crippen LogP contribution is -2.30.